The molecule has 0 aromatic rings. The summed E-state index contributed by atoms with van der Waals surface area (Å²) in [4.78, 5) is 22.1. The molecule has 0 amide bonds. The van der Waals surface area contributed by atoms with E-state index in [0.29, 0.717) is 19.4 Å². The number of rotatable bonds is 25. The van der Waals surface area contributed by atoms with Crippen LogP contribution in [0.1, 0.15) is 122 Å². The molecule has 0 saturated heterocycles. The summed E-state index contributed by atoms with van der Waals surface area (Å²) >= 11 is 0. The average Bonchev–Trinajstić information content (AvgIpc) is 2.79. The summed E-state index contributed by atoms with van der Waals surface area (Å²) in [6, 6.07) is -0.438. The number of carboxylic acid groups (broad SMARTS) is 2. The van der Waals surface area contributed by atoms with Gasteiger partial charge < -0.3 is 26.4 Å². The molecule has 0 aliphatic rings. The molecule has 0 saturated carbocycles. The molecule has 0 spiro atoms. The summed E-state index contributed by atoms with van der Waals surface area (Å²) < 4.78 is 0. The Balaban J connectivity index is 3.40. The van der Waals surface area contributed by atoms with E-state index < -0.39 is 23.6 Å². The van der Waals surface area contributed by atoms with Gasteiger partial charge in [0.25, 0.3) is 0 Å². The van der Waals surface area contributed by atoms with Crippen molar-refractivity contribution in [2.24, 2.45) is 5.73 Å². The summed E-state index contributed by atoms with van der Waals surface area (Å²) in [5, 5.41) is 30.9. The van der Waals surface area contributed by atoms with E-state index in [4.69, 9.17) is 10.8 Å². The van der Waals surface area contributed by atoms with Crippen molar-refractivity contribution in [2.45, 2.75) is 134 Å². The van der Waals surface area contributed by atoms with Crippen molar-refractivity contribution in [2.75, 3.05) is 13.1 Å². The van der Waals surface area contributed by atoms with Crippen molar-refractivity contribution in [3.05, 3.63) is 12.2 Å². The van der Waals surface area contributed by atoms with Gasteiger partial charge in [-0.25, -0.2) is 4.79 Å². The second-order valence-electron chi connectivity index (χ2n) is 9.75. The van der Waals surface area contributed by atoms with Gasteiger partial charge in [-0.05, 0) is 77.8 Å². The molecule has 6 N–H and O–H groups in total. The van der Waals surface area contributed by atoms with Gasteiger partial charge in [0.2, 0.25) is 0 Å². The maximum Gasteiger partial charge on any atom is 0.335 e. The van der Waals surface area contributed by atoms with Gasteiger partial charge in [0.05, 0.1) is 0 Å². The van der Waals surface area contributed by atoms with Gasteiger partial charge in [0.15, 0.2) is 5.60 Å². The Morgan fingerprint density at radius 2 is 1.29 bits per heavy atom. The first-order valence-corrected chi connectivity index (χ1v) is 13.6. The quantitative estimate of drug-likeness (QED) is 0.0865. The molecule has 7 nitrogen and oxygen atoms in total. The van der Waals surface area contributed by atoms with Gasteiger partial charge in [-0.2, -0.15) is 0 Å². The normalized spacial score (nSPS) is 14.3. The zero-order valence-corrected chi connectivity index (χ0v) is 21.6. The SMILES string of the molecule is CC(O)(CCCCCCCC/C=C\CCCCCCCCN[C@@H](CCCCN)C(=O)O)C(=O)O. The number of nitrogens with one attached hydrogen (secondary N) is 1. The Kier molecular flexibility index (Phi) is 21.1. The predicted octanol–water partition coefficient (Wildman–Crippen LogP) is 5.40. The van der Waals surface area contributed by atoms with Gasteiger partial charge in [-0.1, -0.05) is 69.9 Å². The van der Waals surface area contributed by atoms with E-state index in [0.717, 1.165) is 64.3 Å². The van der Waals surface area contributed by atoms with Crippen LogP contribution in [-0.2, 0) is 9.59 Å². The van der Waals surface area contributed by atoms with Crippen LogP contribution in [0.15, 0.2) is 12.2 Å². The van der Waals surface area contributed by atoms with Crippen molar-refractivity contribution in [1.82, 2.24) is 5.32 Å². The molecule has 0 radical (unpaired) electrons. The summed E-state index contributed by atoms with van der Waals surface area (Å²) in [6.45, 7) is 2.76. The van der Waals surface area contributed by atoms with Crippen molar-refractivity contribution < 1.29 is 24.9 Å². The smallest absolute Gasteiger partial charge is 0.335 e. The highest BCUT2D eigenvalue weighted by Crippen LogP contribution is 2.16. The average molecular weight is 485 g/mol. The molecule has 2 atom stereocenters. The number of hydrogen-bond acceptors (Lipinski definition) is 5. The number of aliphatic hydroxyl groups is 1. The summed E-state index contributed by atoms with van der Waals surface area (Å²) in [5.41, 5.74) is 3.88. The molecular weight excluding hydrogens is 432 g/mol. The summed E-state index contributed by atoms with van der Waals surface area (Å²) in [7, 11) is 0. The first kappa shape index (κ1) is 32.6. The number of carboxylic acids is 2. The molecule has 200 valence electrons. The molecule has 0 fully saturated rings. The fourth-order valence-electron chi connectivity index (χ4n) is 3.96. The van der Waals surface area contributed by atoms with E-state index >= 15 is 0 Å². The van der Waals surface area contributed by atoms with Crippen LogP contribution in [0.2, 0.25) is 0 Å². The molecule has 1 unspecified atom stereocenters. The highest BCUT2D eigenvalue weighted by atomic mass is 16.4. The van der Waals surface area contributed by atoms with E-state index in [1.54, 1.807) is 0 Å². The van der Waals surface area contributed by atoms with E-state index in [2.05, 4.69) is 17.5 Å². The second-order valence-corrected chi connectivity index (χ2v) is 9.75. The van der Waals surface area contributed by atoms with Crippen LogP contribution < -0.4 is 11.1 Å². The largest absolute Gasteiger partial charge is 0.480 e. The molecule has 0 heterocycles. The summed E-state index contributed by atoms with van der Waals surface area (Å²) in [6.07, 6.45) is 23.1. The zero-order valence-electron chi connectivity index (χ0n) is 21.6. The van der Waals surface area contributed by atoms with Gasteiger partial charge in [0, 0.05) is 0 Å². The van der Waals surface area contributed by atoms with Crippen molar-refractivity contribution in [3.63, 3.8) is 0 Å². The Morgan fingerprint density at radius 1 is 0.794 bits per heavy atom. The van der Waals surface area contributed by atoms with Crippen molar-refractivity contribution >= 4 is 11.9 Å². The molecule has 0 bridgehead atoms. The van der Waals surface area contributed by atoms with Crippen LogP contribution in [0.5, 0.6) is 0 Å². The lowest BCUT2D eigenvalue weighted by molar-refractivity contribution is -0.157. The highest BCUT2D eigenvalue weighted by Gasteiger charge is 2.28. The Labute approximate surface area is 207 Å². The van der Waals surface area contributed by atoms with E-state index in [1.807, 2.05) is 0 Å². The Hall–Kier alpha value is -1.44. The molecule has 34 heavy (non-hydrogen) atoms. The lowest BCUT2D eigenvalue weighted by Crippen LogP contribution is -2.37. The monoisotopic (exact) mass is 484 g/mol. The van der Waals surface area contributed by atoms with E-state index in [-0.39, 0.29) is 0 Å². The fraction of sp³-hybridized carbons (Fsp3) is 0.852. The maximum atomic E-state index is 11.2. The minimum absolute atomic E-state index is 0.325. The molecule has 0 rings (SSSR count). The standard InChI is InChI=1S/C27H52N2O5/c1-27(34,26(32)33)21-17-14-12-10-8-6-4-2-3-5-7-9-11-13-15-19-23-29-24(25(30)31)20-16-18-22-28/h2-3,24,29,34H,4-23,28H2,1H3,(H,30,31)(H,32,33)/b3-2-/t24-,27?/m0/s1. The third-order valence-electron chi connectivity index (χ3n) is 6.35. The Morgan fingerprint density at radius 3 is 1.79 bits per heavy atom. The first-order valence-electron chi connectivity index (χ1n) is 13.6. The van der Waals surface area contributed by atoms with Crippen LogP contribution in [0.3, 0.4) is 0 Å². The van der Waals surface area contributed by atoms with Crippen LogP contribution in [0.25, 0.3) is 0 Å². The second kappa shape index (κ2) is 22.1. The van der Waals surface area contributed by atoms with E-state index in [9.17, 15) is 19.8 Å². The van der Waals surface area contributed by atoms with Crippen molar-refractivity contribution in [3.8, 4) is 0 Å². The fourth-order valence-corrected chi connectivity index (χ4v) is 3.96. The van der Waals surface area contributed by atoms with Gasteiger partial charge in [-0.15, -0.1) is 0 Å². The number of nitrogens with two attached hydrogens (primary N) is 1. The number of allylic oxidation sites excluding steroid dienone is 2. The van der Waals surface area contributed by atoms with Gasteiger partial charge >= 0.3 is 11.9 Å². The van der Waals surface area contributed by atoms with Crippen molar-refractivity contribution in [1.29, 1.82) is 0 Å². The summed E-state index contributed by atoms with van der Waals surface area (Å²) in [5.74, 6) is -1.89. The van der Waals surface area contributed by atoms with E-state index in [1.165, 1.54) is 51.9 Å². The van der Waals surface area contributed by atoms with Crippen LogP contribution in [-0.4, -0.2) is 52.0 Å². The molecule has 0 aromatic carbocycles. The zero-order chi connectivity index (χ0) is 25.5. The van der Waals surface area contributed by atoms with Crippen LogP contribution in [0, 0.1) is 0 Å². The molecule has 7 heteroatoms. The lowest BCUT2D eigenvalue weighted by Gasteiger charge is -2.17. The van der Waals surface area contributed by atoms with Gasteiger partial charge in [0.1, 0.15) is 6.04 Å². The third kappa shape index (κ3) is 20.0. The number of hydrogen-bond donors (Lipinski definition) is 5. The highest BCUT2D eigenvalue weighted by molar-refractivity contribution is 5.76. The lowest BCUT2D eigenvalue weighted by atomic mass is 9.98. The Bertz CT molecular complexity index is 537. The number of carbonyl (C=O) groups is 2. The first-order chi connectivity index (χ1) is 16.3. The maximum absolute atomic E-state index is 11.2. The minimum atomic E-state index is -1.58. The third-order valence-corrected chi connectivity index (χ3v) is 6.35. The predicted molar refractivity (Wildman–Crippen MR) is 139 cm³/mol. The molecule has 0 aromatic heterocycles. The van der Waals surface area contributed by atoms with Crippen LogP contribution >= 0.6 is 0 Å². The molecule has 0 aliphatic carbocycles. The number of aliphatic carboxylic acids is 2. The molecule has 0 aliphatic heterocycles. The van der Waals surface area contributed by atoms with Crippen LogP contribution in [0.4, 0.5) is 0 Å². The number of unbranched alkanes of at least 4 members (excludes halogenated alkanes) is 13. The molecular formula is C27H52N2O5. The minimum Gasteiger partial charge on any atom is -0.480 e. The van der Waals surface area contributed by atoms with Gasteiger partial charge in [-0.3, -0.25) is 4.79 Å². The topological polar surface area (TPSA) is 133 Å².